The first-order valence-electron chi connectivity index (χ1n) is 3.04. The fourth-order valence-corrected chi connectivity index (χ4v) is 1.54. The third-order valence-electron chi connectivity index (χ3n) is 1.49. The molecule has 1 aliphatic rings. The van der Waals surface area contributed by atoms with Gasteiger partial charge in [0.1, 0.15) is 0 Å². The molecule has 0 amide bonds. The van der Waals surface area contributed by atoms with Crippen LogP contribution in [0.25, 0.3) is 0 Å². The van der Waals surface area contributed by atoms with Crippen LogP contribution in [0.15, 0.2) is 12.2 Å². The molecule has 0 radical (unpaired) electrons. The molecule has 0 heterocycles. The van der Waals surface area contributed by atoms with E-state index in [0.29, 0.717) is 6.42 Å². The van der Waals surface area contributed by atoms with E-state index in [0.717, 1.165) is 12.8 Å². The van der Waals surface area contributed by atoms with Crippen LogP contribution in [-0.4, -0.2) is 14.0 Å². The van der Waals surface area contributed by atoms with Gasteiger partial charge in [0.25, 0.3) is 0 Å². The summed E-state index contributed by atoms with van der Waals surface area (Å²) in [6.45, 7) is 0. The van der Waals surface area contributed by atoms with Gasteiger partial charge in [0.2, 0.25) is 0 Å². The Morgan fingerprint density at radius 1 is 1.50 bits per heavy atom. The fourth-order valence-electron chi connectivity index (χ4n) is 0.941. The van der Waals surface area contributed by atoms with Crippen LogP contribution in [0, 0.1) is 0 Å². The van der Waals surface area contributed by atoms with Crippen LogP contribution in [0.3, 0.4) is 0 Å². The van der Waals surface area contributed by atoms with Crippen molar-refractivity contribution in [1.29, 1.82) is 0 Å². The zero-order valence-corrected chi connectivity index (χ0v) is 8.89. The van der Waals surface area contributed by atoms with E-state index in [4.69, 9.17) is 0 Å². The largest absolute Gasteiger partial charge is 1.00 e. The van der Waals surface area contributed by atoms with Gasteiger partial charge in [-0.15, -0.1) is 0 Å². The molecule has 1 aliphatic carbocycles. The molecule has 2 nitrogen and oxygen atoms in total. The molecule has 4 heteroatoms. The summed E-state index contributed by atoms with van der Waals surface area (Å²) < 4.78 is 20.6. The van der Waals surface area contributed by atoms with E-state index < -0.39 is 11.1 Å². The van der Waals surface area contributed by atoms with Crippen molar-refractivity contribution in [2.24, 2.45) is 0 Å². The summed E-state index contributed by atoms with van der Waals surface area (Å²) in [5.41, 5.74) is 0. The zero-order chi connectivity index (χ0) is 6.69. The summed E-state index contributed by atoms with van der Waals surface area (Å²) >= 11 is -1.85. The maximum Gasteiger partial charge on any atom is 1.00 e. The average Bonchev–Trinajstić information content (AvgIpc) is 1.90. The quantitative estimate of drug-likeness (QED) is 0.257. The van der Waals surface area contributed by atoms with E-state index >= 15 is 0 Å². The first-order chi connectivity index (χ1) is 4.30. The van der Waals surface area contributed by atoms with Crippen LogP contribution in [0.4, 0.5) is 0 Å². The van der Waals surface area contributed by atoms with Gasteiger partial charge in [0.05, 0.1) is 0 Å². The molecule has 0 N–H and O–H groups in total. The van der Waals surface area contributed by atoms with Gasteiger partial charge in [-0.05, 0) is 19.3 Å². The second kappa shape index (κ2) is 5.49. The molecule has 10 heavy (non-hydrogen) atoms. The topological polar surface area (TPSA) is 40.1 Å². The number of rotatable bonds is 1. The van der Waals surface area contributed by atoms with Crippen molar-refractivity contribution in [3.05, 3.63) is 12.2 Å². The fraction of sp³-hybridized carbons (Fsp3) is 0.667. The third-order valence-corrected chi connectivity index (χ3v) is 2.47. The van der Waals surface area contributed by atoms with Crippen LogP contribution in [0.5, 0.6) is 0 Å². The monoisotopic (exact) mass is 168 g/mol. The van der Waals surface area contributed by atoms with Crippen molar-refractivity contribution in [3.63, 3.8) is 0 Å². The van der Waals surface area contributed by atoms with E-state index in [2.05, 4.69) is 0 Å². The number of allylic oxidation sites excluding steroid dienone is 2. The minimum Gasteiger partial charge on any atom is -0.772 e. The Hall–Kier alpha value is 0.850. The van der Waals surface area contributed by atoms with Gasteiger partial charge in [-0.1, -0.05) is 23.2 Å². The van der Waals surface area contributed by atoms with E-state index in [9.17, 15) is 8.76 Å². The summed E-state index contributed by atoms with van der Waals surface area (Å²) in [5, 5.41) is -0.116. The predicted molar refractivity (Wildman–Crippen MR) is 35.7 cm³/mol. The maximum absolute atomic E-state index is 10.3. The normalized spacial score (nSPS) is 27.1. The Morgan fingerprint density at radius 2 is 2.20 bits per heavy atom. The van der Waals surface area contributed by atoms with Gasteiger partial charge < -0.3 is 4.55 Å². The molecule has 0 spiro atoms. The average molecular weight is 168 g/mol. The Kier molecular flexibility index (Phi) is 5.96. The van der Waals surface area contributed by atoms with Crippen molar-refractivity contribution in [1.82, 2.24) is 0 Å². The minimum atomic E-state index is -1.85. The van der Waals surface area contributed by atoms with Gasteiger partial charge in [-0.3, -0.25) is 4.21 Å². The van der Waals surface area contributed by atoms with Gasteiger partial charge in [0.15, 0.2) is 0 Å². The van der Waals surface area contributed by atoms with Gasteiger partial charge in [-0.25, -0.2) is 0 Å². The van der Waals surface area contributed by atoms with E-state index in [1.54, 1.807) is 0 Å². The molecule has 2 unspecified atom stereocenters. The van der Waals surface area contributed by atoms with Crippen molar-refractivity contribution < 1.29 is 38.3 Å². The van der Waals surface area contributed by atoms with Crippen LogP contribution in [0.1, 0.15) is 19.3 Å². The molecule has 2 atom stereocenters. The molecular weight excluding hydrogens is 159 g/mol. The first kappa shape index (κ1) is 10.8. The van der Waals surface area contributed by atoms with Gasteiger partial charge in [0, 0.05) is 5.25 Å². The number of hydrogen-bond donors (Lipinski definition) is 0. The Morgan fingerprint density at radius 3 is 2.50 bits per heavy atom. The first-order valence-corrected chi connectivity index (χ1v) is 4.17. The maximum atomic E-state index is 10.3. The summed E-state index contributed by atoms with van der Waals surface area (Å²) in [4.78, 5) is 0. The van der Waals surface area contributed by atoms with Crippen LogP contribution >= 0.6 is 0 Å². The summed E-state index contributed by atoms with van der Waals surface area (Å²) in [6, 6.07) is 0. The molecule has 0 bridgehead atoms. The summed E-state index contributed by atoms with van der Waals surface area (Å²) in [6.07, 6.45) is 6.38. The van der Waals surface area contributed by atoms with Crippen LogP contribution < -0.4 is 29.6 Å². The van der Waals surface area contributed by atoms with Gasteiger partial charge in [-0.2, -0.15) is 0 Å². The molecule has 52 valence electrons. The zero-order valence-electron chi connectivity index (χ0n) is 6.08. The van der Waals surface area contributed by atoms with Crippen molar-refractivity contribution >= 4 is 11.1 Å². The van der Waals surface area contributed by atoms with Crippen molar-refractivity contribution in [3.8, 4) is 0 Å². The molecule has 0 aromatic heterocycles. The summed E-state index contributed by atoms with van der Waals surface area (Å²) in [5.74, 6) is 0. The Balaban J connectivity index is 0.000000810. The predicted octanol–water partition coefficient (Wildman–Crippen LogP) is -2.02. The van der Waals surface area contributed by atoms with Crippen LogP contribution in [0.2, 0.25) is 0 Å². The molecule has 0 aromatic carbocycles. The molecule has 0 aliphatic heterocycles. The van der Waals surface area contributed by atoms with E-state index in [1.807, 2.05) is 12.2 Å². The minimum absolute atomic E-state index is 0. The smallest absolute Gasteiger partial charge is 0.772 e. The molecular formula is C6H9NaO2S. The SMILES string of the molecule is O=S([O-])C1CC=CCC1.[Na+]. The number of hydrogen-bond acceptors (Lipinski definition) is 2. The molecule has 0 aromatic rings. The third kappa shape index (κ3) is 3.30. The molecule has 0 fully saturated rings. The standard InChI is InChI=1S/C6H10O2S.Na/c7-9(8)6-4-2-1-3-5-6;/h1-2,6H,3-5H2,(H,7,8);/q;+1/p-1. The Labute approximate surface area is 85.7 Å². The second-order valence-electron chi connectivity index (χ2n) is 2.17. The molecule has 1 rings (SSSR count). The Bertz CT molecular complexity index is 147. The van der Waals surface area contributed by atoms with E-state index in [1.165, 1.54) is 0 Å². The van der Waals surface area contributed by atoms with E-state index in [-0.39, 0.29) is 34.8 Å². The second-order valence-corrected chi connectivity index (χ2v) is 3.35. The van der Waals surface area contributed by atoms with Crippen molar-refractivity contribution in [2.75, 3.05) is 0 Å². The van der Waals surface area contributed by atoms with Crippen LogP contribution in [-0.2, 0) is 11.1 Å². The molecule has 0 saturated heterocycles. The van der Waals surface area contributed by atoms with Crippen molar-refractivity contribution in [2.45, 2.75) is 24.5 Å². The molecule has 0 saturated carbocycles. The summed E-state index contributed by atoms with van der Waals surface area (Å²) in [7, 11) is 0. The van der Waals surface area contributed by atoms with Gasteiger partial charge >= 0.3 is 29.6 Å².